The Morgan fingerprint density at radius 3 is 1.92 bits per heavy atom. The van der Waals surface area contributed by atoms with Crippen LogP contribution in [0.3, 0.4) is 0 Å². The summed E-state index contributed by atoms with van der Waals surface area (Å²) in [5, 5.41) is 9.87. The molecule has 0 radical (unpaired) electrons. The van der Waals surface area contributed by atoms with Crippen LogP contribution >= 0.6 is 0 Å². The SMILES string of the molecule is O=C(OC1CC12OC(O)C[C@@H]2OC(=O)c1ccccc1)c1ccccc1. The van der Waals surface area contributed by atoms with E-state index in [1.165, 1.54) is 0 Å². The number of carbonyl (C=O) groups is 2. The van der Waals surface area contributed by atoms with Gasteiger partial charge in [-0.25, -0.2) is 9.59 Å². The van der Waals surface area contributed by atoms with Gasteiger partial charge in [0.2, 0.25) is 0 Å². The number of hydrogen-bond donors (Lipinski definition) is 1. The van der Waals surface area contributed by atoms with Gasteiger partial charge in [0.1, 0.15) is 17.8 Å². The Morgan fingerprint density at radius 1 is 0.885 bits per heavy atom. The summed E-state index contributed by atoms with van der Waals surface area (Å²) in [4.78, 5) is 24.5. The van der Waals surface area contributed by atoms with E-state index in [-0.39, 0.29) is 6.42 Å². The third kappa shape index (κ3) is 3.09. The highest BCUT2D eigenvalue weighted by Crippen LogP contribution is 2.53. The number of esters is 2. The minimum Gasteiger partial charge on any atom is -0.455 e. The molecule has 0 aromatic heterocycles. The summed E-state index contributed by atoms with van der Waals surface area (Å²) in [6, 6.07) is 17.2. The zero-order chi connectivity index (χ0) is 18.1. The highest BCUT2D eigenvalue weighted by atomic mass is 16.7. The average Bonchev–Trinajstić information content (AvgIpc) is 3.24. The average molecular weight is 354 g/mol. The molecule has 1 saturated carbocycles. The van der Waals surface area contributed by atoms with E-state index in [0.29, 0.717) is 17.5 Å². The lowest BCUT2D eigenvalue weighted by Gasteiger charge is -2.19. The van der Waals surface area contributed by atoms with Gasteiger partial charge < -0.3 is 19.3 Å². The Labute approximate surface area is 150 Å². The van der Waals surface area contributed by atoms with Crippen molar-refractivity contribution in [3.8, 4) is 0 Å². The molecule has 0 bridgehead atoms. The minimum atomic E-state index is -1.05. The molecule has 6 nitrogen and oxygen atoms in total. The summed E-state index contributed by atoms with van der Waals surface area (Å²) in [5.41, 5.74) is -0.109. The zero-order valence-electron chi connectivity index (χ0n) is 13.9. The molecule has 1 aliphatic heterocycles. The standard InChI is InChI=1S/C20H18O6/c21-17-11-15(24-18(22)13-7-3-1-4-8-13)20(26-17)12-16(20)25-19(23)14-9-5-2-6-10-14/h1-10,15-17,21H,11-12H2/t15-,16?,17?,20?/m0/s1. The number of ether oxygens (including phenoxy) is 3. The van der Waals surface area contributed by atoms with E-state index in [1.807, 2.05) is 6.07 Å². The van der Waals surface area contributed by atoms with Crippen LogP contribution in [-0.4, -0.2) is 41.1 Å². The molecular formula is C20H18O6. The molecule has 1 N–H and O–H groups in total. The molecule has 2 aromatic carbocycles. The fourth-order valence-electron chi connectivity index (χ4n) is 3.29. The number of aliphatic hydroxyl groups is 1. The van der Waals surface area contributed by atoms with Crippen LogP contribution < -0.4 is 0 Å². The summed E-state index contributed by atoms with van der Waals surface area (Å²) in [6.45, 7) is 0. The van der Waals surface area contributed by atoms with Crippen LogP contribution in [-0.2, 0) is 14.2 Å². The van der Waals surface area contributed by atoms with Gasteiger partial charge in [-0.2, -0.15) is 0 Å². The van der Waals surface area contributed by atoms with Crippen LogP contribution in [0.2, 0.25) is 0 Å². The van der Waals surface area contributed by atoms with Gasteiger partial charge in [-0.15, -0.1) is 0 Å². The largest absolute Gasteiger partial charge is 0.455 e. The Kier molecular flexibility index (Phi) is 4.22. The normalized spacial score (nSPS) is 29.3. The number of rotatable bonds is 4. The minimum absolute atomic E-state index is 0.151. The molecule has 3 unspecified atom stereocenters. The first kappa shape index (κ1) is 16.8. The third-order valence-corrected chi connectivity index (χ3v) is 4.72. The predicted octanol–water partition coefficient (Wildman–Crippen LogP) is 2.32. The van der Waals surface area contributed by atoms with Crippen molar-refractivity contribution in [1.82, 2.24) is 0 Å². The van der Waals surface area contributed by atoms with Crippen molar-refractivity contribution in [2.24, 2.45) is 0 Å². The lowest BCUT2D eigenvalue weighted by molar-refractivity contribution is -0.121. The molecule has 26 heavy (non-hydrogen) atoms. The van der Waals surface area contributed by atoms with E-state index in [0.717, 1.165) is 0 Å². The van der Waals surface area contributed by atoms with Crippen LogP contribution in [0.4, 0.5) is 0 Å². The summed E-state index contributed by atoms with van der Waals surface area (Å²) < 4.78 is 16.6. The van der Waals surface area contributed by atoms with Crippen molar-refractivity contribution < 1.29 is 28.9 Å². The lowest BCUT2D eigenvalue weighted by Crippen LogP contribution is -2.33. The molecule has 2 aliphatic rings. The monoisotopic (exact) mass is 354 g/mol. The molecule has 2 fully saturated rings. The molecule has 4 rings (SSSR count). The molecule has 4 atom stereocenters. The summed E-state index contributed by atoms with van der Waals surface area (Å²) in [5.74, 6) is -0.960. The summed E-state index contributed by atoms with van der Waals surface area (Å²) in [7, 11) is 0. The van der Waals surface area contributed by atoms with Crippen LogP contribution in [0, 0.1) is 0 Å². The second-order valence-electron chi connectivity index (χ2n) is 6.49. The van der Waals surface area contributed by atoms with Crippen LogP contribution in [0.5, 0.6) is 0 Å². The number of benzene rings is 2. The summed E-state index contributed by atoms with van der Waals surface area (Å²) in [6.07, 6.45) is -1.74. The Bertz CT molecular complexity index is 806. The molecule has 0 amide bonds. The fourth-order valence-corrected chi connectivity index (χ4v) is 3.29. The van der Waals surface area contributed by atoms with Crippen molar-refractivity contribution in [2.75, 3.05) is 0 Å². The van der Waals surface area contributed by atoms with Gasteiger partial charge in [-0.05, 0) is 24.3 Å². The molecular weight excluding hydrogens is 336 g/mol. The predicted molar refractivity (Wildman–Crippen MR) is 90.3 cm³/mol. The highest BCUT2D eigenvalue weighted by Gasteiger charge is 2.69. The zero-order valence-corrected chi connectivity index (χ0v) is 13.9. The van der Waals surface area contributed by atoms with E-state index in [9.17, 15) is 14.7 Å². The van der Waals surface area contributed by atoms with Gasteiger partial charge in [-0.3, -0.25) is 0 Å². The first-order valence-corrected chi connectivity index (χ1v) is 8.46. The number of carbonyl (C=O) groups excluding carboxylic acids is 2. The molecule has 1 spiro atoms. The first-order valence-electron chi connectivity index (χ1n) is 8.46. The van der Waals surface area contributed by atoms with Gasteiger partial charge in [0.05, 0.1) is 11.1 Å². The molecule has 6 heteroatoms. The maximum atomic E-state index is 12.3. The summed E-state index contributed by atoms with van der Waals surface area (Å²) >= 11 is 0. The highest BCUT2D eigenvalue weighted by molar-refractivity contribution is 5.90. The van der Waals surface area contributed by atoms with Crippen molar-refractivity contribution in [1.29, 1.82) is 0 Å². The Hall–Kier alpha value is -2.70. The van der Waals surface area contributed by atoms with Crippen LogP contribution in [0.1, 0.15) is 33.6 Å². The van der Waals surface area contributed by atoms with Crippen molar-refractivity contribution in [2.45, 2.75) is 36.9 Å². The van der Waals surface area contributed by atoms with Gasteiger partial charge in [0, 0.05) is 12.8 Å². The van der Waals surface area contributed by atoms with Gasteiger partial charge in [0.25, 0.3) is 0 Å². The molecule has 1 aliphatic carbocycles. The molecule has 1 saturated heterocycles. The second kappa shape index (κ2) is 6.55. The van der Waals surface area contributed by atoms with Crippen molar-refractivity contribution in [3.63, 3.8) is 0 Å². The smallest absolute Gasteiger partial charge is 0.338 e. The van der Waals surface area contributed by atoms with Gasteiger partial charge in [-0.1, -0.05) is 36.4 Å². The maximum absolute atomic E-state index is 12.3. The molecule has 134 valence electrons. The Balaban J connectivity index is 1.44. The van der Waals surface area contributed by atoms with E-state index in [1.54, 1.807) is 54.6 Å². The lowest BCUT2D eigenvalue weighted by atomic mass is 10.1. The van der Waals surface area contributed by atoms with Crippen molar-refractivity contribution >= 4 is 11.9 Å². The van der Waals surface area contributed by atoms with Crippen molar-refractivity contribution in [3.05, 3.63) is 71.8 Å². The number of aliphatic hydroxyl groups excluding tert-OH is 1. The van der Waals surface area contributed by atoms with Gasteiger partial charge >= 0.3 is 11.9 Å². The van der Waals surface area contributed by atoms with E-state index < -0.39 is 36.0 Å². The molecule has 1 heterocycles. The van der Waals surface area contributed by atoms with Crippen LogP contribution in [0.25, 0.3) is 0 Å². The maximum Gasteiger partial charge on any atom is 0.338 e. The number of hydrogen-bond acceptors (Lipinski definition) is 6. The Morgan fingerprint density at radius 2 is 1.38 bits per heavy atom. The van der Waals surface area contributed by atoms with E-state index in [4.69, 9.17) is 14.2 Å². The van der Waals surface area contributed by atoms with E-state index >= 15 is 0 Å². The third-order valence-electron chi connectivity index (χ3n) is 4.72. The van der Waals surface area contributed by atoms with Gasteiger partial charge in [0.15, 0.2) is 6.29 Å². The quantitative estimate of drug-likeness (QED) is 0.849. The molecule has 2 aromatic rings. The fraction of sp³-hybridized carbons (Fsp3) is 0.300. The second-order valence-corrected chi connectivity index (χ2v) is 6.49. The first-order chi connectivity index (χ1) is 12.6. The van der Waals surface area contributed by atoms with E-state index in [2.05, 4.69) is 0 Å². The van der Waals surface area contributed by atoms with Crippen LogP contribution in [0.15, 0.2) is 60.7 Å². The topological polar surface area (TPSA) is 82.1 Å².